The normalized spacial score (nSPS) is 12.0. The van der Waals surface area contributed by atoms with Gasteiger partial charge in [0.15, 0.2) is 5.16 Å². The molecule has 3 rings (SSSR count). The molecule has 0 unspecified atom stereocenters. The SMILES string of the molecule is O=C(CSc1nc2ccccc2[nH]1)N/N=C/c1ccc(C(F)(F)F)cc1. The lowest BCUT2D eigenvalue weighted by molar-refractivity contribution is -0.137. The molecule has 0 bridgehead atoms. The number of thioether (sulfide) groups is 1. The molecule has 2 N–H and O–H groups in total. The summed E-state index contributed by atoms with van der Waals surface area (Å²) in [7, 11) is 0. The van der Waals surface area contributed by atoms with Gasteiger partial charge in [0.2, 0.25) is 0 Å². The quantitative estimate of drug-likeness (QED) is 0.403. The zero-order chi connectivity index (χ0) is 18.6. The van der Waals surface area contributed by atoms with E-state index >= 15 is 0 Å². The molecule has 26 heavy (non-hydrogen) atoms. The minimum absolute atomic E-state index is 0.101. The minimum Gasteiger partial charge on any atom is -0.333 e. The number of imidazole rings is 1. The Morgan fingerprint density at radius 2 is 1.92 bits per heavy atom. The number of alkyl halides is 3. The van der Waals surface area contributed by atoms with Crippen LogP contribution in [-0.2, 0) is 11.0 Å². The second kappa shape index (κ2) is 7.61. The van der Waals surface area contributed by atoms with Gasteiger partial charge in [-0.25, -0.2) is 10.4 Å². The van der Waals surface area contributed by atoms with Crippen LogP contribution in [0.3, 0.4) is 0 Å². The minimum atomic E-state index is -4.38. The fourth-order valence-corrected chi connectivity index (χ4v) is 2.78. The van der Waals surface area contributed by atoms with Gasteiger partial charge in [-0.05, 0) is 29.8 Å². The Hall–Kier alpha value is -2.81. The van der Waals surface area contributed by atoms with Crippen molar-refractivity contribution < 1.29 is 18.0 Å². The highest BCUT2D eigenvalue weighted by Gasteiger charge is 2.29. The van der Waals surface area contributed by atoms with Gasteiger partial charge in [0.1, 0.15) is 0 Å². The van der Waals surface area contributed by atoms with E-state index in [1.54, 1.807) is 0 Å². The molecule has 0 saturated heterocycles. The smallest absolute Gasteiger partial charge is 0.333 e. The lowest BCUT2D eigenvalue weighted by atomic mass is 10.1. The van der Waals surface area contributed by atoms with Crippen LogP contribution in [-0.4, -0.2) is 27.8 Å². The van der Waals surface area contributed by atoms with E-state index in [9.17, 15) is 18.0 Å². The lowest BCUT2D eigenvalue weighted by Crippen LogP contribution is -2.19. The number of nitrogens with zero attached hydrogens (tertiary/aromatic N) is 2. The molecule has 0 fully saturated rings. The average Bonchev–Trinajstić information content (AvgIpc) is 3.03. The van der Waals surface area contributed by atoms with E-state index in [2.05, 4.69) is 20.5 Å². The number of hydrogen-bond donors (Lipinski definition) is 2. The van der Waals surface area contributed by atoms with Crippen LogP contribution >= 0.6 is 11.8 Å². The van der Waals surface area contributed by atoms with Crippen LogP contribution in [0.5, 0.6) is 0 Å². The number of para-hydroxylation sites is 2. The van der Waals surface area contributed by atoms with Gasteiger partial charge in [-0.1, -0.05) is 36.0 Å². The molecule has 0 radical (unpaired) electrons. The summed E-state index contributed by atoms with van der Waals surface area (Å²) in [5.74, 6) is -0.247. The first-order valence-electron chi connectivity index (χ1n) is 7.48. The number of hydrogen-bond acceptors (Lipinski definition) is 4. The Morgan fingerprint density at radius 3 is 2.62 bits per heavy atom. The van der Waals surface area contributed by atoms with E-state index in [4.69, 9.17) is 0 Å². The van der Waals surface area contributed by atoms with E-state index in [1.807, 2.05) is 24.3 Å². The Labute approximate surface area is 150 Å². The Kier molecular flexibility index (Phi) is 5.27. The van der Waals surface area contributed by atoms with E-state index < -0.39 is 11.7 Å². The molecular weight excluding hydrogens is 365 g/mol. The Bertz CT molecular complexity index is 902. The van der Waals surface area contributed by atoms with Crippen molar-refractivity contribution in [3.05, 3.63) is 59.7 Å². The molecular formula is C17H13F3N4OS. The first-order valence-corrected chi connectivity index (χ1v) is 8.47. The molecule has 0 atom stereocenters. The molecule has 2 aromatic carbocycles. The fraction of sp³-hybridized carbons (Fsp3) is 0.118. The molecule has 5 nitrogen and oxygen atoms in total. The lowest BCUT2D eigenvalue weighted by Gasteiger charge is -2.05. The zero-order valence-electron chi connectivity index (χ0n) is 13.2. The van der Waals surface area contributed by atoms with Gasteiger partial charge in [-0.2, -0.15) is 18.3 Å². The molecule has 9 heteroatoms. The monoisotopic (exact) mass is 378 g/mol. The first-order chi connectivity index (χ1) is 12.4. The van der Waals surface area contributed by atoms with Crippen molar-refractivity contribution in [2.24, 2.45) is 5.10 Å². The number of benzene rings is 2. The van der Waals surface area contributed by atoms with E-state index in [1.165, 1.54) is 30.1 Å². The maximum atomic E-state index is 12.5. The van der Waals surface area contributed by atoms with Crippen molar-refractivity contribution in [1.82, 2.24) is 15.4 Å². The van der Waals surface area contributed by atoms with Gasteiger partial charge in [0.05, 0.1) is 28.6 Å². The summed E-state index contributed by atoms with van der Waals surface area (Å²) >= 11 is 1.23. The van der Waals surface area contributed by atoms with E-state index in [0.717, 1.165) is 23.2 Å². The largest absolute Gasteiger partial charge is 0.416 e. The van der Waals surface area contributed by atoms with Gasteiger partial charge in [-0.3, -0.25) is 4.79 Å². The van der Waals surface area contributed by atoms with Crippen molar-refractivity contribution in [3.8, 4) is 0 Å². The second-order valence-electron chi connectivity index (χ2n) is 5.26. The number of amides is 1. The maximum absolute atomic E-state index is 12.5. The number of aromatic nitrogens is 2. The fourth-order valence-electron chi connectivity index (χ4n) is 2.10. The molecule has 134 valence electrons. The number of carbonyl (C=O) groups excluding carboxylic acids is 1. The van der Waals surface area contributed by atoms with Crippen LogP contribution in [0.1, 0.15) is 11.1 Å². The van der Waals surface area contributed by atoms with Gasteiger partial charge in [-0.15, -0.1) is 0 Å². The van der Waals surface area contributed by atoms with Crippen LogP contribution in [0.25, 0.3) is 11.0 Å². The summed E-state index contributed by atoms with van der Waals surface area (Å²) in [5.41, 5.74) is 3.74. The summed E-state index contributed by atoms with van der Waals surface area (Å²) in [6.45, 7) is 0. The number of aromatic amines is 1. The Morgan fingerprint density at radius 1 is 1.19 bits per heavy atom. The van der Waals surface area contributed by atoms with Crippen molar-refractivity contribution in [3.63, 3.8) is 0 Å². The average molecular weight is 378 g/mol. The van der Waals surface area contributed by atoms with Crippen molar-refractivity contribution in [1.29, 1.82) is 0 Å². The van der Waals surface area contributed by atoms with Crippen LogP contribution < -0.4 is 5.43 Å². The van der Waals surface area contributed by atoms with Gasteiger partial charge >= 0.3 is 6.18 Å². The van der Waals surface area contributed by atoms with Crippen LogP contribution in [0.2, 0.25) is 0 Å². The molecule has 0 aliphatic rings. The zero-order valence-corrected chi connectivity index (χ0v) is 14.1. The molecule has 1 amide bonds. The van der Waals surface area contributed by atoms with Crippen LogP contribution in [0.4, 0.5) is 13.2 Å². The highest BCUT2D eigenvalue weighted by Crippen LogP contribution is 2.28. The third-order valence-corrected chi connectivity index (χ3v) is 4.22. The Balaban J connectivity index is 1.49. The van der Waals surface area contributed by atoms with Crippen molar-refractivity contribution >= 4 is 34.9 Å². The number of rotatable bonds is 5. The number of H-pyrrole nitrogens is 1. The van der Waals surface area contributed by atoms with E-state index in [-0.39, 0.29) is 11.7 Å². The molecule has 0 spiro atoms. The summed E-state index contributed by atoms with van der Waals surface area (Å²) in [6.07, 6.45) is -3.10. The van der Waals surface area contributed by atoms with Gasteiger partial charge in [0.25, 0.3) is 5.91 Å². The third kappa shape index (κ3) is 4.63. The number of fused-ring (bicyclic) bond motifs is 1. The predicted octanol–water partition coefficient (Wildman–Crippen LogP) is 3.82. The molecule has 0 saturated carbocycles. The second-order valence-corrected chi connectivity index (χ2v) is 6.22. The topological polar surface area (TPSA) is 70.1 Å². The highest BCUT2D eigenvalue weighted by molar-refractivity contribution is 7.99. The molecule has 1 heterocycles. The third-order valence-electron chi connectivity index (χ3n) is 3.35. The molecule has 3 aromatic rings. The number of halogens is 3. The number of hydrazone groups is 1. The number of carbonyl (C=O) groups is 1. The maximum Gasteiger partial charge on any atom is 0.416 e. The summed E-state index contributed by atoms with van der Waals surface area (Å²) in [4.78, 5) is 19.2. The standard InChI is InChI=1S/C17H13F3N4OS/c18-17(19,20)12-7-5-11(6-8-12)9-21-24-15(25)10-26-16-22-13-3-1-2-4-14(13)23-16/h1-9H,10H2,(H,22,23)(H,24,25)/b21-9+. The summed E-state index contributed by atoms with van der Waals surface area (Å²) in [6, 6.07) is 12.0. The van der Waals surface area contributed by atoms with Gasteiger partial charge in [0, 0.05) is 0 Å². The predicted molar refractivity (Wildman–Crippen MR) is 94.0 cm³/mol. The van der Waals surface area contributed by atoms with Crippen molar-refractivity contribution in [2.45, 2.75) is 11.3 Å². The van der Waals surface area contributed by atoms with Crippen molar-refractivity contribution in [2.75, 3.05) is 5.75 Å². The van der Waals surface area contributed by atoms with Gasteiger partial charge < -0.3 is 4.98 Å². The first kappa shape index (κ1) is 18.0. The van der Waals surface area contributed by atoms with E-state index in [0.29, 0.717) is 10.7 Å². The van der Waals surface area contributed by atoms with Crippen LogP contribution in [0.15, 0.2) is 58.8 Å². The van der Waals surface area contributed by atoms with Crippen LogP contribution in [0, 0.1) is 0 Å². The molecule has 0 aliphatic carbocycles. The molecule has 0 aliphatic heterocycles. The summed E-state index contributed by atoms with van der Waals surface area (Å²) in [5, 5.41) is 4.36. The molecule has 1 aromatic heterocycles. The number of nitrogens with one attached hydrogen (secondary N) is 2. The highest BCUT2D eigenvalue weighted by atomic mass is 32.2. The summed E-state index contributed by atoms with van der Waals surface area (Å²) < 4.78 is 37.4.